The molecule has 31 heavy (non-hydrogen) atoms. The van der Waals surface area contributed by atoms with Gasteiger partial charge in [-0.2, -0.15) is 0 Å². The zero-order valence-electron chi connectivity index (χ0n) is 18.1. The molecular formula is C24H28N4O3. The molecular weight excluding hydrogens is 392 g/mol. The number of likely N-dealkylation sites (N-methyl/N-ethyl adjacent to an activating group) is 1. The summed E-state index contributed by atoms with van der Waals surface area (Å²) < 4.78 is 5.08. The van der Waals surface area contributed by atoms with Crippen LogP contribution in [0.5, 0.6) is 5.88 Å². The highest BCUT2D eigenvalue weighted by Crippen LogP contribution is 2.16. The number of nitrogens with zero attached hydrogens (tertiary/aromatic N) is 3. The number of aromatic nitrogens is 2. The van der Waals surface area contributed by atoms with E-state index in [2.05, 4.69) is 9.97 Å². The fraction of sp³-hybridized carbons (Fsp3) is 0.292. The number of hydrogen-bond donors (Lipinski definition) is 1. The summed E-state index contributed by atoms with van der Waals surface area (Å²) in [5.74, 6) is 0.274. The highest BCUT2D eigenvalue weighted by molar-refractivity contribution is 5.94. The second-order valence-corrected chi connectivity index (χ2v) is 7.45. The minimum atomic E-state index is -0.116. The van der Waals surface area contributed by atoms with Crippen molar-refractivity contribution < 1.29 is 14.3 Å². The van der Waals surface area contributed by atoms with Crippen molar-refractivity contribution in [2.24, 2.45) is 0 Å². The summed E-state index contributed by atoms with van der Waals surface area (Å²) in [5, 5.41) is 0. The summed E-state index contributed by atoms with van der Waals surface area (Å²) in [7, 11) is 5.11. The Morgan fingerprint density at radius 1 is 1.03 bits per heavy atom. The first kappa shape index (κ1) is 22.1. The molecule has 162 valence electrons. The van der Waals surface area contributed by atoms with Crippen molar-refractivity contribution >= 4 is 11.8 Å². The molecule has 0 saturated heterocycles. The lowest BCUT2D eigenvalue weighted by atomic mass is 10.0. The van der Waals surface area contributed by atoms with E-state index >= 15 is 0 Å². The number of hydrogen-bond acceptors (Lipinski definition) is 4. The lowest BCUT2D eigenvalue weighted by Crippen LogP contribution is -2.41. The van der Waals surface area contributed by atoms with Crippen LogP contribution in [0.25, 0.3) is 0 Å². The van der Waals surface area contributed by atoms with Crippen molar-refractivity contribution in [3.63, 3.8) is 0 Å². The predicted molar refractivity (Wildman–Crippen MR) is 119 cm³/mol. The van der Waals surface area contributed by atoms with Crippen LogP contribution < -0.4 is 4.74 Å². The van der Waals surface area contributed by atoms with Crippen LogP contribution in [0, 0.1) is 0 Å². The predicted octanol–water partition coefficient (Wildman–Crippen LogP) is 3.26. The highest BCUT2D eigenvalue weighted by Gasteiger charge is 2.23. The third kappa shape index (κ3) is 5.72. The first-order chi connectivity index (χ1) is 15.0. The number of benzene rings is 1. The van der Waals surface area contributed by atoms with Crippen LogP contribution in [0.3, 0.4) is 0 Å². The number of rotatable bonds is 9. The third-order valence-electron chi connectivity index (χ3n) is 5.35. The van der Waals surface area contributed by atoms with Crippen molar-refractivity contribution in [2.45, 2.75) is 18.9 Å². The number of carbonyl (C=O) groups excluding carboxylic acids is 2. The molecule has 7 heteroatoms. The van der Waals surface area contributed by atoms with E-state index in [4.69, 9.17) is 4.74 Å². The van der Waals surface area contributed by atoms with Crippen LogP contribution >= 0.6 is 0 Å². The summed E-state index contributed by atoms with van der Waals surface area (Å²) in [5.41, 5.74) is 2.19. The third-order valence-corrected chi connectivity index (χ3v) is 5.35. The SMILES string of the molecule is COc1ccc(C(=O)N(C)[C@H](CCN(C)C(=O)c2ccc[nH]2)Cc2ccccc2)cn1. The Hall–Kier alpha value is -3.61. The average molecular weight is 421 g/mol. The zero-order chi connectivity index (χ0) is 22.2. The summed E-state index contributed by atoms with van der Waals surface area (Å²) >= 11 is 0. The van der Waals surface area contributed by atoms with Gasteiger partial charge in [0, 0.05) is 45.1 Å². The summed E-state index contributed by atoms with van der Waals surface area (Å²) in [6.45, 7) is 0.522. The van der Waals surface area contributed by atoms with Gasteiger partial charge in [0.15, 0.2) is 0 Å². The molecule has 2 heterocycles. The van der Waals surface area contributed by atoms with Crippen molar-refractivity contribution in [1.29, 1.82) is 0 Å². The molecule has 0 spiro atoms. The molecule has 7 nitrogen and oxygen atoms in total. The van der Waals surface area contributed by atoms with E-state index in [1.165, 1.54) is 13.3 Å². The smallest absolute Gasteiger partial charge is 0.270 e. The van der Waals surface area contributed by atoms with E-state index in [-0.39, 0.29) is 17.9 Å². The number of nitrogens with one attached hydrogen (secondary N) is 1. The maximum atomic E-state index is 13.1. The van der Waals surface area contributed by atoms with Gasteiger partial charge in [-0.15, -0.1) is 0 Å². The summed E-state index contributed by atoms with van der Waals surface area (Å²) in [6, 6.07) is 16.9. The normalized spacial score (nSPS) is 11.6. The second-order valence-electron chi connectivity index (χ2n) is 7.45. The molecule has 1 N–H and O–H groups in total. The van der Waals surface area contributed by atoms with Crippen LogP contribution in [0.15, 0.2) is 67.0 Å². The fourth-order valence-corrected chi connectivity index (χ4v) is 3.43. The van der Waals surface area contributed by atoms with Crippen molar-refractivity contribution in [3.05, 3.63) is 83.8 Å². The number of H-pyrrole nitrogens is 1. The van der Waals surface area contributed by atoms with Crippen molar-refractivity contribution in [3.8, 4) is 5.88 Å². The van der Waals surface area contributed by atoms with Gasteiger partial charge in [0.1, 0.15) is 5.69 Å². The quantitative estimate of drug-likeness (QED) is 0.576. The van der Waals surface area contributed by atoms with E-state index in [1.54, 1.807) is 54.4 Å². The van der Waals surface area contributed by atoms with E-state index in [1.807, 2.05) is 30.3 Å². The zero-order valence-corrected chi connectivity index (χ0v) is 18.1. The maximum absolute atomic E-state index is 13.1. The molecule has 0 unspecified atom stereocenters. The molecule has 0 aliphatic carbocycles. The number of aromatic amines is 1. The molecule has 2 aromatic heterocycles. The van der Waals surface area contributed by atoms with E-state index in [0.29, 0.717) is 36.5 Å². The Morgan fingerprint density at radius 2 is 1.81 bits per heavy atom. The standard InChI is InChI=1S/C24H28N4O3/c1-27(24(30)21-10-7-14-25-21)15-13-20(16-18-8-5-4-6-9-18)28(2)23(29)19-11-12-22(31-3)26-17-19/h4-12,14,17,20,25H,13,15-16H2,1-3H3/t20-/m1/s1. The summed E-state index contributed by atoms with van der Waals surface area (Å²) in [4.78, 5) is 36.2. The Balaban J connectivity index is 1.73. The first-order valence-electron chi connectivity index (χ1n) is 10.2. The van der Waals surface area contributed by atoms with Crippen molar-refractivity contribution in [2.75, 3.05) is 27.7 Å². The van der Waals surface area contributed by atoms with E-state index < -0.39 is 0 Å². The molecule has 1 atom stereocenters. The van der Waals surface area contributed by atoms with Gasteiger partial charge in [-0.25, -0.2) is 4.98 Å². The second kappa shape index (κ2) is 10.4. The number of carbonyl (C=O) groups is 2. The number of amides is 2. The average Bonchev–Trinajstić information content (AvgIpc) is 3.36. The molecule has 3 aromatic rings. The van der Waals surface area contributed by atoms with Gasteiger partial charge < -0.3 is 19.5 Å². The largest absolute Gasteiger partial charge is 0.481 e. The molecule has 0 bridgehead atoms. The number of pyridine rings is 1. The van der Waals surface area contributed by atoms with Gasteiger partial charge in [0.2, 0.25) is 5.88 Å². The Labute approximate surface area is 182 Å². The Kier molecular flexibility index (Phi) is 7.43. The van der Waals surface area contributed by atoms with Gasteiger partial charge >= 0.3 is 0 Å². The Morgan fingerprint density at radius 3 is 2.42 bits per heavy atom. The van der Waals surface area contributed by atoms with Crippen molar-refractivity contribution in [1.82, 2.24) is 19.8 Å². The molecule has 3 rings (SSSR count). The van der Waals surface area contributed by atoms with Gasteiger partial charge in [0.05, 0.1) is 12.7 Å². The van der Waals surface area contributed by atoms with Crippen LogP contribution in [0.4, 0.5) is 0 Å². The molecule has 2 amide bonds. The molecule has 0 aliphatic heterocycles. The maximum Gasteiger partial charge on any atom is 0.270 e. The van der Waals surface area contributed by atoms with Crippen LogP contribution in [0.2, 0.25) is 0 Å². The van der Waals surface area contributed by atoms with Crippen LogP contribution in [-0.2, 0) is 6.42 Å². The van der Waals surface area contributed by atoms with Gasteiger partial charge in [0.25, 0.3) is 11.8 Å². The van der Waals surface area contributed by atoms with Gasteiger partial charge in [-0.05, 0) is 36.6 Å². The monoisotopic (exact) mass is 420 g/mol. The molecule has 0 fully saturated rings. The summed E-state index contributed by atoms with van der Waals surface area (Å²) in [6.07, 6.45) is 4.59. The molecule has 0 radical (unpaired) electrons. The van der Waals surface area contributed by atoms with E-state index in [9.17, 15) is 9.59 Å². The first-order valence-corrected chi connectivity index (χ1v) is 10.2. The van der Waals surface area contributed by atoms with Gasteiger partial charge in [-0.1, -0.05) is 30.3 Å². The highest BCUT2D eigenvalue weighted by atomic mass is 16.5. The minimum Gasteiger partial charge on any atom is -0.481 e. The lowest BCUT2D eigenvalue weighted by molar-refractivity contribution is 0.0695. The van der Waals surface area contributed by atoms with Crippen LogP contribution in [0.1, 0.15) is 32.8 Å². The van der Waals surface area contributed by atoms with E-state index in [0.717, 1.165) is 5.56 Å². The van der Waals surface area contributed by atoms with Crippen LogP contribution in [-0.4, -0.2) is 65.4 Å². The Bertz CT molecular complexity index is 972. The minimum absolute atomic E-state index is 0.0724. The topological polar surface area (TPSA) is 78.5 Å². The molecule has 0 aliphatic rings. The molecule has 1 aromatic carbocycles. The number of methoxy groups -OCH3 is 1. The van der Waals surface area contributed by atoms with Gasteiger partial charge in [-0.3, -0.25) is 9.59 Å². The number of ether oxygens (including phenoxy) is 1. The fourth-order valence-electron chi connectivity index (χ4n) is 3.43. The molecule has 0 saturated carbocycles. The lowest BCUT2D eigenvalue weighted by Gasteiger charge is -2.30.